The summed E-state index contributed by atoms with van der Waals surface area (Å²) in [6, 6.07) is 28.1. The number of hydrogen-bond acceptors (Lipinski definition) is 4. The van der Waals surface area contributed by atoms with Crippen molar-refractivity contribution in [2.45, 2.75) is 0 Å². The van der Waals surface area contributed by atoms with E-state index in [1.54, 1.807) is 41.5 Å². The molecule has 0 atom stereocenters. The molecule has 4 heterocycles. The zero-order chi connectivity index (χ0) is 19.3. The van der Waals surface area contributed by atoms with Crippen molar-refractivity contribution in [3.8, 4) is 0 Å². The van der Waals surface area contributed by atoms with Crippen LogP contribution in [0.2, 0.25) is 0 Å². The lowest BCUT2D eigenvalue weighted by atomic mass is 10.3. The second-order valence-electron chi connectivity index (χ2n) is 5.50. The van der Waals surface area contributed by atoms with Gasteiger partial charge in [0.15, 0.2) is 0 Å². The first-order valence-electron chi connectivity index (χ1n) is 8.72. The Morgan fingerprint density at radius 2 is 1.25 bits per heavy atom. The van der Waals surface area contributed by atoms with Gasteiger partial charge >= 0.3 is 0 Å². The number of thiophene rings is 2. The van der Waals surface area contributed by atoms with Gasteiger partial charge in [0.05, 0.1) is 18.8 Å². The number of hydrogen-bond donors (Lipinski definition) is 0. The topological polar surface area (TPSA) is 26.3 Å². The molecule has 2 nitrogen and oxygen atoms in total. The summed E-state index contributed by atoms with van der Waals surface area (Å²) in [4.78, 5) is 0. The number of para-hydroxylation sites is 1. The largest absolute Gasteiger partial charge is 0.473 e. The van der Waals surface area contributed by atoms with Gasteiger partial charge in [0.1, 0.15) is 5.58 Å². The van der Waals surface area contributed by atoms with Gasteiger partial charge < -0.3 is 8.83 Å². The van der Waals surface area contributed by atoms with Gasteiger partial charge in [-0.15, -0.1) is 11.3 Å². The summed E-state index contributed by atoms with van der Waals surface area (Å²) in [5, 5.41) is 8.71. The van der Waals surface area contributed by atoms with Crippen molar-refractivity contribution in [3.63, 3.8) is 0 Å². The third-order valence-electron chi connectivity index (χ3n) is 3.57. The minimum absolute atomic E-state index is 0.956. The average Bonchev–Trinajstić information content (AvgIpc) is 3.56. The highest BCUT2D eigenvalue weighted by molar-refractivity contribution is 7.17. The number of rotatable bonds is 0. The number of furan rings is 2. The van der Waals surface area contributed by atoms with Crippen molar-refractivity contribution < 1.29 is 8.83 Å². The quantitative estimate of drug-likeness (QED) is 0.254. The molecule has 0 bridgehead atoms. The molecular weight excluding hydrogens is 384 g/mol. The summed E-state index contributed by atoms with van der Waals surface area (Å²) in [6.45, 7) is 0. The Morgan fingerprint density at radius 1 is 0.536 bits per heavy atom. The third kappa shape index (κ3) is 6.58. The molecule has 0 radical (unpaired) electrons. The van der Waals surface area contributed by atoms with Crippen molar-refractivity contribution in [1.82, 2.24) is 0 Å². The van der Waals surface area contributed by atoms with Gasteiger partial charge in [0, 0.05) is 10.1 Å². The van der Waals surface area contributed by atoms with Crippen LogP contribution in [-0.2, 0) is 0 Å². The van der Waals surface area contributed by atoms with Gasteiger partial charge in [-0.25, -0.2) is 0 Å². The predicted octanol–water partition coefficient (Wildman–Crippen LogP) is 8.36. The van der Waals surface area contributed by atoms with E-state index in [-0.39, 0.29) is 0 Å². The Morgan fingerprint density at radius 3 is 1.86 bits per heavy atom. The van der Waals surface area contributed by atoms with E-state index in [4.69, 9.17) is 4.42 Å². The first-order chi connectivity index (χ1) is 13.9. The highest BCUT2D eigenvalue weighted by atomic mass is 32.1. The maximum absolute atomic E-state index is 5.12. The fourth-order valence-corrected chi connectivity index (χ4v) is 3.51. The molecule has 140 valence electrons. The first kappa shape index (κ1) is 19.7. The maximum atomic E-state index is 5.12. The molecule has 6 aromatic rings. The van der Waals surface area contributed by atoms with E-state index in [0.717, 1.165) is 11.0 Å². The van der Waals surface area contributed by atoms with Crippen molar-refractivity contribution in [2.24, 2.45) is 0 Å². The Kier molecular flexibility index (Phi) is 8.15. The molecule has 0 amide bonds. The van der Waals surface area contributed by atoms with E-state index in [0.29, 0.717) is 0 Å². The summed E-state index contributed by atoms with van der Waals surface area (Å²) in [5.41, 5.74) is 0.956. The van der Waals surface area contributed by atoms with Crippen molar-refractivity contribution in [3.05, 3.63) is 120 Å². The third-order valence-corrected chi connectivity index (χ3v) is 5.10. The lowest BCUT2D eigenvalue weighted by molar-refractivity contribution is 0.567. The molecule has 0 aliphatic rings. The summed E-state index contributed by atoms with van der Waals surface area (Å²) < 4.78 is 11.1. The van der Waals surface area contributed by atoms with Gasteiger partial charge in [0.25, 0.3) is 0 Å². The van der Waals surface area contributed by atoms with E-state index in [9.17, 15) is 0 Å². The van der Waals surface area contributed by atoms with Crippen LogP contribution in [0.5, 0.6) is 0 Å². The minimum Gasteiger partial charge on any atom is -0.473 e. The first-order valence-corrected chi connectivity index (χ1v) is 10.5. The summed E-state index contributed by atoms with van der Waals surface area (Å²) >= 11 is 3.50. The van der Waals surface area contributed by atoms with E-state index in [2.05, 4.69) is 40.1 Å². The maximum Gasteiger partial charge on any atom is 0.133 e. The van der Waals surface area contributed by atoms with Gasteiger partial charge in [-0.1, -0.05) is 48.5 Å². The second-order valence-corrected chi connectivity index (χ2v) is 7.27. The monoisotopic (exact) mass is 404 g/mol. The molecule has 6 rings (SSSR count). The van der Waals surface area contributed by atoms with Crippen LogP contribution >= 0.6 is 22.7 Å². The Labute approximate surface area is 172 Å². The van der Waals surface area contributed by atoms with Gasteiger partial charge in [-0.2, -0.15) is 11.3 Å². The summed E-state index contributed by atoms with van der Waals surface area (Å²) in [5.74, 6) is 0. The van der Waals surface area contributed by atoms with Crippen LogP contribution in [0.15, 0.2) is 129 Å². The van der Waals surface area contributed by atoms with E-state index in [1.165, 1.54) is 10.1 Å². The van der Waals surface area contributed by atoms with E-state index in [1.807, 2.05) is 65.4 Å². The Hall–Kier alpha value is -3.08. The van der Waals surface area contributed by atoms with Crippen molar-refractivity contribution in [2.75, 3.05) is 0 Å². The molecule has 0 N–H and O–H groups in total. The zero-order valence-corrected chi connectivity index (χ0v) is 16.8. The molecule has 4 aromatic heterocycles. The number of fused-ring (bicyclic) bond motifs is 2. The van der Waals surface area contributed by atoms with Crippen LogP contribution < -0.4 is 0 Å². The van der Waals surface area contributed by atoms with Crippen LogP contribution in [0.3, 0.4) is 0 Å². The van der Waals surface area contributed by atoms with Crippen LogP contribution in [0.1, 0.15) is 0 Å². The van der Waals surface area contributed by atoms with Crippen LogP contribution in [0, 0.1) is 0 Å². The Bertz CT molecular complexity index is 933. The molecule has 0 saturated heterocycles. The molecule has 0 spiro atoms. The van der Waals surface area contributed by atoms with E-state index < -0.39 is 0 Å². The Balaban J connectivity index is 0.000000112. The average molecular weight is 405 g/mol. The zero-order valence-electron chi connectivity index (χ0n) is 15.2. The SMILES string of the molecule is c1ccc2occc2c1.c1ccc2sccc2c1.c1ccoc1.c1ccsc1. The molecular formula is C24H20O2S2. The molecule has 0 unspecified atom stereocenters. The standard InChI is InChI=1S/C8H6O.C8H6S.C4H4O.C4H4S/c2*1-2-4-8-7(3-1)5-6-9-8;2*1-2-4-5-3-1/h2*1-6H;2*1-4H. The van der Waals surface area contributed by atoms with Gasteiger partial charge in [-0.3, -0.25) is 0 Å². The van der Waals surface area contributed by atoms with Crippen LogP contribution in [0.4, 0.5) is 0 Å². The van der Waals surface area contributed by atoms with Gasteiger partial charge in [0.2, 0.25) is 0 Å². The van der Waals surface area contributed by atoms with Gasteiger partial charge in [-0.05, 0) is 57.9 Å². The molecule has 28 heavy (non-hydrogen) atoms. The lowest BCUT2D eigenvalue weighted by Gasteiger charge is -1.82. The highest BCUT2D eigenvalue weighted by Crippen LogP contribution is 2.18. The molecule has 2 aromatic carbocycles. The molecule has 0 saturated carbocycles. The molecule has 0 aliphatic carbocycles. The van der Waals surface area contributed by atoms with Crippen LogP contribution in [-0.4, -0.2) is 0 Å². The summed E-state index contributed by atoms with van der Waals surface area (Å²) in [6.07, 6.45) is 4.95. The smallest absolute Gasteiger partial charge is 0.133 e. The molecule has 4 heteroatoms. The lowest BCUT2D eigenvalue weighted by Crippen LogP contribution is -1.57. The van der Waals surface area contributed by atoms with E-state index >= 15 is 0 Å². The number of benzene rings is 2. The second kappa shape index (κ2) is 11.6. The fraction of sp³-hybridized carbons (Fsp3) is 0. The summed E-state index contributed by atoms with van der Waals surface area (Å²) in [7, 11) is 0. The molecule has 0 aliphatic heterocycles. The minimum atomic E-state index is 0.956. The molecule has 0 fully saturated rings. The van der Waals surface area contributed by atoms with Crippen molar-refractivity contribution >= 4 is 43.7 Å². The predicted molar refractivity (Wildman–Crippen MR) is 121 cm³/mol. The normalized spacial score (nSPS) is 9.43. The highest BCUT2D eigenvalue weighted by Gasteiger charge is 1.89. The van der Waals surface area contributed by atoms with Crippen molar-refractivity contribution in [1.29, 1.82) is 0 Å². The fourth-order valence-electron chi connectivity index (χ4n) is 2.27. The van der Waals surface area contributed by atoms with Crippen LogP contribution in [0.25, 0.3) is 21.1 Å².